The standard InChI is InChI=1S/C15H17N3O2/c1-2-4-13-11(3-1)12(9-16-13)15-17-14(18-20-15)10-5-7-19-8-6-10/h1-4,10,12,16H,5-9H2. The fourth-order valence-electron chi connectivity index (χ4n) is 3.01. The summed E-state index contributed by atoms with van der Waals surface area (Å²) < 4.78 is 10.9. The van der Waals surface area contributed by atoms with Gasteiger partial charge in [-0.25, -0.2) is 0 Å². The van der Waals surface area contributed by atoms with Gasteiger partial charge in [-0.1, -0.05) is 23.4 Å². The van der Waals surface area contributed by atoms with Crippen LogP contribution >= 0.6 is 0 Å². The number of aromatic nitrogens is 2. The maximum atomic E-state index is 5.52. The van der Waals surface area contributed by atoms with E-state index < -0.39 is 0 Å². The second-order valence-corrected chi connectivity index (χ2v) is 5.40. The molecule has 0 aliphatic carbocycles. The molecule has 1 fully saturated rings. The molecule has 1 unspecified atom stereocenters. The smallest absolute Gasteiger partial charge is 0.236 e. The molecular formula is C15H17N3O2. The molecular weight excluding hydrogens is 254 g/mol. The molecule has 4 rings (SSSR count). The van der Waals surface area contributed by atoms with Crippen molar-refractivity contribution in [3.8, 4) is 0 Å². The summed E-state index contributed by atoms with van der Waals surface area (Å²) in [6.07, 6.45) is 1.97. The lowest BCUT2D eigenvalue weighted by atomic mass is 9.99. The fraction of sp³-hybridized carbons (Fsp3) is 0.467. The normalized spacial score (nSPS) is 22.5. The van der Waals surface area contributed by atoms with Crippen molar-refractivity contribution in [1.82, 2.24) is 10.1 Å². The highest BCUT2D eigenvalue weighted by atomic mass is 16.5. The number of hydrogen-bond donors (Lipinski definition) is 1. The van der Waals surface area contributed by atoms with Crippen molar-refractivity contribution in [3.63, 3.8) is 0 Å². The van der Waals surface area contributed by atoms with Crippen molar-refractivity contribution in [1.29, 1.82) is 0 Å². The first-order valence-electron chi connectivity index (χ1n) is 7.16. The summed E-state index contributed by atoms with van der Waals surface area (Å²) >= 11 is 0. The number of hydrogen-bond acceptors (Lipinski definition) is 5. The number of anilines is 1. The monoisotopic (exact) mass is 271 g/mol. The summed E-state index contributed by atoms with van der Waals surface area (Å²) in [7, 11) is 0. The van der Waals surface area contributed by atoms with Gasteiger partial charge >= 0.3 is 0 Å². The largest absolute Gasteiger partial charge is 0.384 e. The number of nitrogens with zero attached hydrogens (tertiary/aromatic N) is 2. The molecule has 5 heteroatoms. The van der Waals surface area contributed by atoms with Crippen molar-refractivity contribution < 1.29 is 9.26 Å². The second kappa shape index (κ2) is 4.90. The van der Waals surface area contributed by atoms with E-state index in [0.29, 0.717) is 5.92 Å². The Kier molecular flexibility index (Phi) is 2.92. The van der Waals surface area contributed by atoms with Gasteiger partial charge in [-0.05, 0) is 24.5 Å². The predicted molar refractivity (Wildman–Crippen MR) is 73.9 cm³/mol. The van der Waals surface area contributed by atoms with E-state index in [9.17, 15) is 0 Å². The van der Waals surface area contributed by atoms with E-state index in [4.69, 9.17) is 9.26 Å². The molecule has 1 atom stereocenters. The van der Waals surface area contributed by atoms with E-state index in [0.717, 1.165) is 44.3 Å². The van der Waals surface area contributed by atoms with Crippen LogP contribution in [0.2, 0.25) is 0 Å². The summed E-state index contributed by atoms with van der Waals surface area (Å²) in [5, 5.41) is 7.58. The van der Waals surface area contributed by atoms with Crippen molar-refractivity contribution in [2.45, 2.75) is 24.7 Å². The maximum absolute atomic E-state index is 5.52. The van der Waals surface area contributed by atoms with Crippen LogP contribution in [0.5, 0.6) is 0 Å². The average molecular weight is 271 g/mol. The molecule has 20 heavy (non-hydrogen) atoms. The molecule has 0 spiro atoms. The zero-order chi connectivity index (χ0) is 13.4. The van der Waals surface area contributed by atoms with Gasteiger partial charge in [0.2, 0.25) is 5.89 Å². The van der Waals surface area contributed by atoms with E-state index in [1.165, 1.54) is 11.3 Å². The van der Waals surface area contributed by atoms with Gasteiger partial charge in [0.05, 0.1) is 5.92 Å². The quantitative estimate of drug-likeness (QED) is 0.909. The zero-order valence-electron chi connectivity index (χ0n) is 11.2. The van der Waals surface area contributed by atoms with E-state index in [1.807, 2.05) is 6.07 Å². The Bertz CT molecular complexity index is 605. The third-order valence-electron chi connectivity index (χ3n) is 4.17. The number of ether oxygens (including phenoxy) is 1. The van der Waals surface area contributed by atoms with Gasteiger partial charge in [0, 0.05) is 31.4 Å². The molecule has 1 aromatic heterocycles. The first kappa shape index (κ1) is 11.9. The van der Waals surface area contributed by atoms with Crippen molar-refractivity contribution in [3.05, 3.63) is 41.5 Å². The van der Waals surface area contributed by atoms with Crippen molar-refractivity contribution in [2.24, 2.45) is 0 Å². The van der Waals surface area contributed by atoms with Crippen LogP contribution in [0.1, 0.15) is 42.0 Å². The summed E-state index contributed by atoms with van der Waals surface area (Å²) in [5.74, 6) is 2.12. The lowest BCUT2D eigenvalue weighted by Gasteiger charge is -2.18. The Hall–Kier alpha value is -1.88. The minimum absolute atomic E-state index is 0.173. The number of fused-ring (bicyclic) bond motifs is 1. The van der Waals surface area contributed by atoms with Crippen molar-refractivity contribution >= 4 is 5.69 Å². The molecule has 5 nitrogen and oxygen atoms in total. The van der Waals surface area contributed by atoms with Gasteiger partial charge in [-0.15, -0.1) is 0 Å². The van der Waals surface area contributed by atoms with Crippen LogP contribution in [0, 0.1) is 0 Å². The fourth-order valence-corrected chi connectivity index (χ4v) is 3.01. The van der Waals surface area contributed by atoms with Crippen LogP contribution in [-0.2, 0) is 4.74 Å². The molecule has 2 aromatic rings. The minimum atomic E-state index is 0.173. The molecule has 2 aliphatic heterocycles. The molecule has 2 aliphatic rings. The Morgan fingerprint density at radius 1 is 1.15 bits per heavy atom. The van der Waals surface area contributed by atoms with Gasteiger partial charge in [-0.3, -0.25) is 0 Å². The Labute approximate surface area is 117 Å². The van der Waals surface area contributed by atoms with E-state index in [2.05, 4.69) is 33.7 Å². The number of para-hydroxylation sites is 1. The maximum Gasteiger partial charge on any atom is 0.236 e. The van der Waals surface area contributed by atoms with Crippen LogP contribution in [-0.4, -0.2) is 29.9 Å². The van der Waals surface area contributed by atoms with E-state index in [-0.39, 0.29) is 5.92 Å². The van der Waals surface area contributed by atoms with Gasteiger partial charge in [-0.2, -0.15) is 4.98 Å². The topological polar surface area (TPSA) is 60.2 Å². The molecule has 0 bridgehead atoms. The number of rotatable bonds is 2. The highest BCUT2D eigenvalue weighted by molar-refractivity contribution is 5.59. The third kappa shape index (κ3) is 1.98. The third-order valence-corrected chi connectivity index (χ3v) is 4.17. The van der Waals surface area contributed by atoms with E-state index >= 15 is 0 Å². The molecule has 104 valence electrons. The summed E-state index contributed by atoms with van der Waals surface area (Å²) in [6, 6.07) is 8.30. The minimum Gasteiger partial charge on any atom is -0.384 e. The van der Waals surface area contributed by atoms with E-state index in [1.54, 1.807) is 0 Å². The number of nitrogens with one attached hydrogen (secondary N) is 1. The SMILES string of the molecule is c1ccc2c(c1)NCC2c1nc(C2CCOCC2)no1. The first-order chi connectivity index (χ1) is 9.92. The second-order valence-electron chi connectivity index (χ2n) is 5.40. The van der Waals surface area contributed by atoms with Crippen molar-refractivity contribution in [2.75, 3.05) is 25.1 Å². The Morgan fingerprint density at radius 2 is 2.00 bits per heavy atom. The van der Waals surface area contributed by atoms with Crippen LogP contribution in [0.25, 0.3) is 0 Å². The zero-order valence-corrected chi connectivity index (χ0v) is 11.2. The van der Waals surface area contributed by atoms with Crippen LogP contribution in [0.15, 0.2) is 28.8 Å². The van der Waals surface area contributed by atoms with Crippen LogP contribution < -0.4 is 5.32 Å². The van der Waals surface area contributed by atoms with Crippen LogP contribution in [0.3, 0.4) is 0 Å². The molecule has 0 radical (unpaired) electrons. The Balaban J connectivity index is 1.59. The van der Waals surface area contributed by atoms with Gasteiger partial charge < -0.3 is 14.6 Å². The summed E-state index contributed by atoms with van der Waals surface area (Å²) in [5.41, 5.74) is 2.41. The lowest BCUT2D eigenvalue weighted by Crippen LogP contribution is -2.15. The molecule has 1 saturated heterocycles. The molecule has 0 amide bonds. The summed E-state index contributed by atoms with van der Waals surface area (Å²) in [4.78, 5) is 4.64. The van der Waals surface area contributed by atoms with Crippen LogP contribution in [0.4, 0.5) is 5.69 Å². The summed E-state index contributed by atoms with van der Waals surface area (Å²) in [6.45, 7) is 2.42. The average Bonchev–Trinajstić information content (AvgIpc) is 3.14. The first-order valence-corrected chi connectivity index (χ1v) is 7.16. The molecule has 3 heterocycles. The highest BCUT2D eigenvalue weighted by Gasteiger charge is 2.29. The lowest BCUT2D eigenvalue weighted by molar-refractivity contribution is 0.0830. The predicted octanol–water partition coefficient (Wildman–Crippen LogP) is 2.52. The van der Waals surface area contributed by atoms with Gasteiger partial charge in [0.25, 0.3) is 0 Å². The highest BCUT2D eigenvalue weighted by Crippen LogP contribution is 2.36. The number of benzene rings is 1. The molecule has 0 saturated carbocycles. The Morgan fingerprint density at radius 3 is 2.90 bits per heavy atom. The molecule has 1 aromatic carbocycles. The molecule has 1 N–H and O–H groups in total. The van der Waals surface area contributed by atoms with Gasteiger partial charge in [0.15, 0.2) is 5.82 Å². The van der Waals surface area contributed by atoms with Gasteiger partial charge in [0.1, 0.15) is 0 Å².